The normalized spacial score (nSPS) is 10.6. The lowest BCUT2D eigenvalue weighted by molar-refractivity contribution is -0.120. The van der Waals surface area contributed by atoms with E-state index in [2.05, 4.69) is 20.6 Å². The lowest BCUT2D eigenvalue weighted by Gasteiger charge is -2.04. The van der Waals surface area contributed by atoms with Crippen LogP contribution in [0.3, 0.4) is 0 Å². The van der Waals surface area contributed by atoms with Gasteiger partial charge >= 0.3 is 0 Å². The Labute approximate surface area is 152 Å². The molecule has 0 saturated carbocycles. The number of thiophene rings is 1. The first-order chi connectivity index (χ1) is 12.2. The third kappa shape index (κ3) is 5.23. The van der Waals surface area contributed by atoms with Crippen molar-refractivity contribution in [3.63, 3.8) is 0 Å². The summed E-state index contributed by atoms with van der Waals surface area (Å²) in [6, 6.07) is 3.58. The number of anilines is 1. The molecule has 0 unspecified atom stereocenters. The molecule has 0 spiro atoms. The molecule has 7 nitrogen and oxygen atoms in total. The van der Waals surface area contributed by atoms with E-state index in [-0.39, 0.29) is 18.2 Å². The molecule has 130 valence electrons. The van der Waals surface area contributed by atoms with Gasteiger partial charge in [0.25, 0.3) is 5.91 Å². The van der Waals surface area contributed by atoms with E-state index in [1.54, 1.807) is 24.0 Å². The Morgan fingerprint density at radius 2 is 2.20 bits per heavy atom. The molecule has 0 atom stereocenters. The van der Waals surface area contributed by atoms with Crippen molar-refractivity contribution in [2.24, 2.45) is 0 Å². The lowest BCUT2D eigenvalue weighted by Crippen LogP contribution is -2.26. The second-order valence-electron chi connectivity index (χ2n) is 5.26. The molecule has 0 radical (unpaired) electrons. The quantitative estimate of drug-likeness (QED) is 0.592. The number of aryl methyl sites for hydroxylation is 1. The van der Waals surface area contributed by atoms with Gasteiger partial charge in [-0.25, -0.2) is 9.97 Å². The zero-order valence-electron chi connectivity index (χ0n) is 13.3. The molecule has 0 bridgehead atoms. The summed E-state index contributed by atoms with van der Waals surface area (Å²) in [7, 11) is 0. The zero-order chi connectivity index (χ0) is 17.5. The Hall–Kier alpha value is -2.52. The maximum absolute atomic E-state index is 12.0. The average molecular weight is 375 g/mol. The van der Waals surface area contributed by atoms with E-state index >= 15 is 0 Å². The molecular formula is C16H17N5O2S2. The van der Waals surface area contributed by atoms with Crippen molar-refractivity contribution >= 4 is 39.6 Å². The third-order valence-electron chi connectivity index (χ3n) is 3.33. The summed E-state index contributed by atoms with van der Waals surface area (Å²) in [5, 5.41) is 9.75. The van der Waals surface area contributed by atoms with Gasteiger partial charge in [0.2, 0.25) is 5.91 Å². The first-order valence-corrected chi connectivity index (χ1v) is 9.48. The van der Waals surface area contributed by atoms with Gasteiger partial charge in [-0.1, -0.05) is 6.07 Å². The minimum Gasteiger partial charge on any atom is -0.356 e. The summed E-state index contributed by atoms with van der Waals surface area (Å²) in [5.41, 5.74) is 0.651. The molecule has 0 aliphatic carbocycles. The van der Waals surface area contributed by atoms with Crippen molar-refractivity contribution in [1.29, 1.82) is 0 Å². The highest BCUT2D eigenvalue weighted by molar-refractivity contribution is 7.14. The van der Waals surface area contributed by atoms with E-state index in [1.165, 1.54) is 22.7 Å². The summed E-state index contributed by atoms with van der Waals surface area (Å²) < 4.78 is 1.97. The number of thiazole rings is 1. The topological polar surface area (TPSA) is 88.9 Å². The molecule has 25 heavy (non-hydrogen) atoms. The van der Waals surface area contributed by atoms with Gasteiger partial charge in [0, 0.05) is 30.9 Å². The molecule has 0 aliphatic rings. The van der Waals surface area contributed by atoms with Crippen LogP contribution < -0.4 is 10.6 Å². The van der Waals surface area contributed by atoms with Gasteiger partial charge in [-0.3, -0.25) is 14.9 Å². The van der Waals surface area contributed by atoms with E-state index in [0.29, 0.717) is 22.2 Å². The second-order valence-corrected chi connectivity index (χ2v) is 7.06. The maximum Gasteiger partial charge on any atom is 0.267 e. The second kappa shape index (κ2) is 8.54. The van der Waals surface area contributed by atoms with Crippen LogP contribution in [0.4, 0.5) is 5.13 Å². The molecule has 0 saturated heterocycles. The molecule has 3 heterocycles. The summed E-state index contributed by atoms with van der Waals surface area (Å²) in [5.74, 6) is -0.257. The van der Waals surface area contributed by atoms with Gasteiger partial charge in [0.1, 0.15) is 0 Å². The molecule has 0 aromatic carbocycles. The maximum atomic E-state index is 12.0. The van der Waals surface area contributed by atoms with Crippen molar-refractivity contribution in [3.8, 4) is 0 Å². The molecule has 0 fully saturated rings. The summed E-state index contributed by atoms with van der Waals surface area (Å²) >= 11 is 2.69. The summed E-state index contributed by atoms with van der Waals surface area (Å²) in [4.78, 5) is 32.8. The first kappa shape index (κ1) is 17.3. The molecule has 2 N–H and O–H groups in total. The molecule has 3 aromatic heterocycles. The van der Waals surface area contributed by atoms with Crippen LogP contribution in [-0.4, -0.2) is 32.9 Å². The molecule has 0 aliphatic heterocycles. The monoisotopic (exact) mass is 375 g/mol. The number of carbonyl (C=O) groups excluding carboxylic acids is 2. The Morgan fingerprint density at radius 1 is 1.28 bits per heavy atom. The first-order valence-electron chi connectivity index (χ1n) is 7.72. The van der Waals surface area contributed by atoms with Crippen LogP contribution in [0.1, 0.15) is 21.8 Å². The number of hydrogen-bond acceptors (Lipinski definition) is 6. The lowest BCUT2D eigenvalue weighted by atomic mass is 10.3. The Kier molecular flexibility index (Phi) is 5.91. The Balaban J connectivity index is 1.40. The smallest absolute Gasteiger partial charge is 0.267 e. The van der Waals surface area contributed by atoms with Crippen LogP contribution in [0.15, 0.2) is 41.6 Å². The van der Waals surface area contributed by atoms with Gasteiger partial charge in [-0.05, 0) is 17.9 Å². The van der Waals surface area contributed by atoms with Gasteiger partial charge in [0.15, 0.2) is 5.13 Å². The molecular weight excluding hydrogens is 358 g/mol. The molecule has 9 heteroatoms. The van der Waals surface area contributed by atoms with E-state index in [4.69, 9.17) is 0 Å². The number of amides is 2. The number of aromatic nitrogens is 3. The highest BCUT2D eigenvalue weighted by Crippen LogP contribution is 2.18. The third-order valence-corrected chi connectivity index (χ3v) is 5.01. The predicted octanol–water partition coefficient (Wildman–Crippen LogP) is 2.40. The number of rotatable bonds is 8. The highest BCUT2D eigenvalue weighted by Gasteiger charge is 2.11. The predicted molar refractivity (Wildman–Crippen MR) is 97.9 cm³/mol. The van der Waals surface area contributed by atoms with Gasteiger partial charge in [-0.2, -0.15) is 0 Å². The van der Waals surface area contributed by atoms with Crippen LogP contribution >= 0.6 is 22.7 Å². The fraction of sp³-hybridized carbons (Fsp3) is 0.250. The van der Waals surface area contributed by atoms with Crippen molar-refractivity contribution in [2.75, 3.05) is 11.9 Å². The minimum atomic E-state index is -0.181. The van der Waals surface area contributed by atoms with Gasteiger partial charge in [-0.15, -0.1) is 22.7 Å². The van der Waals surface area contributed by atoms with Crippen molar-refractivity contribution < 1.29 is 9.59 Å². The van der Waals surface area contributed by atoms with Crippen LogP contribution in [0, 0.1) is 0 Å². The highest BCUT2D eigenvalue weighted by atomic mass is 32.1. The van der Waals surface area contributed by atoms with Gasteiger partial charge in [0.05, 0.1) is 23.3 Å². The van der Waals surface area contributed by atoms with E-state index in [1.807, 2.05) is 22.2 Å². The Bertz CT molecular complexity index is 812. The minimum absolute atomic E-state index is 0.0768. The van der Waals surface area contributed by atoms with Gasteiger partial charge < -0.3 is 9.88 Å². The Morgan fingerprint density at radius 3 is 2.96 bits per heavy atom. The SMILES string of the molecule is O=C(Cc1csc(NC(=O)c2cccs2)n1)NCCCn1ccnc1. The number of imidazole rings is 1. The average Bonchev–Trinajstić information content (AvgIpc) is 3.34. The van der Waals surface area contributed by atoms with Crippen LogP contribution in [0.5, 0.6) is 0 Å². The number of nitrogens with zero attached hydrogens (tertiary/aromatic N) is 3. The molecule has 3 rings (SSSR count). The zero-order valence-corrected chi connectivity index (χ0v) is 15.0. The number of carbonyl (C=O) groups is 2. The van der Waals surface area contributed by atoms with Crippen LogP contribution in [-0.2, 0) is 17.8 Å². The van der Waals surface area contributed by atoms with E-state index < -0.39 is 0 Å². The van der Waals surface area contributed by atoms with Crippen molar-refractivity contribution in [3.05, 3.63) is 52.2 Å². The molecule has 2 amide bonds. The fourth-order valence-corrected chi connectivity index (χ4v) is 3.47. The van der Waals surface area contributed by atoms with Crippen molar-refractivity contribution in [2.45, 2.75) is 19.4 Å². The van der Waals surface area contributed by atoms with Crippen LogP contribution in [0.25, 0.3) is 0 Å². The van der Waals surface area contributed by atoms with Crippen molar-refractivity contribution in [1.82, 2.24) is 19.9 Å². The van der Waals surface area contributed by atoms with E-state index in [0.717, 1.165) is 13.0 Å². The summed E-state index contributed by atoms with van der Waals surface area (Å²) in [6.07, 6.45) is 6.42. The standard InChI is InChI=1S/C16H17N5O2S2/c22-14(18-4-2-6-21-7-5-17-11-21)9-12-10-25-16(19-12)20-15(23)13-3-1-8-24-13/h1,3,5,7-8,10-11H,2,4,6,9H2,(H,18,22)(H,19,20,23). The number of nitrogens with one attached hydrogen (secondary N) is 2. The van der Waals surface area contributed by atoms with E-state index in [9.17, 15) is 9.59 Å². The largest absolute Gasteiger partial charge is 0.356 e. The van der Waals surface area contributed by atoms with Crippen LogP contribution in [0.2, 0.25) is 0 Å². The molecule has 3 aromatic rings. The fourth-order valence-electron chi connectivity index (χ4n) is 2.15. The number of hydrogen-bond donors (Lipinski definition) is 2. The summed E-state index contributed by atoms with van der Waals surface area (Å²) in [6.45, 7) is 1.42.